The third kappa shape index (κ3) is 4.67. The van der Waals surface area contributed by atoms with Crippen LogP contribution in [0.5, 0.6) is 0 Å². The number of hydrogen-bond acceptors (Lipinski definition) is 4. The van der Waals surface area contributed by atoms with Gasteiger partial charge in [-0.05, 0) is 48.6 Å². The summed E-state index contributed by atoms with van der Waals surface area (Å²) in [6, 6.07) is 4.15. The molecule has 2 rings (SSSR count). The zero-order chi connectivity index (χ0) is 15.3. The minimum atomic E-state index is -3.80. The van der Waals surface area contributed by atoms with E-state index in [1.807, 2.05) is 18.7 Å². The first kappa shape index (κ1) is 16.7. The predicted octanol–water partition coefficient (Wildman–Crippen LogP) is 2.11. The zero-order valence-electron chi connectivity index (χ0n) is 12.1. The van der Waals surface area contributed by atoms with Crippen molar-refractivity contribution in [2.45, 2.75) is 37.2 Å². The fraction of sp³-hybridized carbons (Fsp3) is 0.571. The number of hydrogen-bond donors (Lipinski definition) is 2. The van der Waals surface area contributed by atoms with E-state index in [0.717, 1.165) is 36.5 Å². The highest BCUT2D eigenvalue weighted by Gasteiger charge is 2.24. The van der Waals surface area contributed by atoms with Gasteiger partial charge in [0.1, 0.15) is 10.7 Å². The van der Waals surface area contributed by atoms with Gasteiger partial charge >= 0.3 is 0 Å². The summed E-state index contributed by atoms with van der Waals surface area (Å²) in [7, 11) is -3.80. The minimum absolute atomic E-state index is 0.0897. The number of benzene rings is 1. The second-order valence-electron chi connectivity index (χ2n) is 5.05. The van der Waals surface area contributed by atoms with Crippen molar-refractivity contribution in [2.24, 2.45) is 0 Å². The first-order chi connectivity index (χ1) is 10.0. The van der Waals surface area contributed by atoms with Gasteiger partial charge < -0.3 is 5.32 Å². The van der Waals surface area contributed by atoms with Crippen LogP contribution in [-0.2, 0) is 16.6 Å². The largest absolute Gasteiger partial charge is 0.313 e. The smallest absolute Gasteiger partial charge is 0.243 e. The molecule has 1 aliphatic heterocycles. The van der Waals surface area contributed by atoms with E-state index in [4.69, 9.17) is 0 Å². The Bertz CT molecular complexity index is 572. The summed E-state index contributed by atoms with van der Waals surface area (Å²) in [5.74, 6) is 1.18. The molecule has 21 heavy (non-hydrogen) atoms. The Hall–Kier alpha value is -0.630. The molecule has 0 bridgehead atoms. The quantitative estimate of drug-likeness (QED) is 0.838. The summed E-state index contributed by atoms with van der Waals surface area (Å²) in [6.07, 6.45) is 1.59. The number of sulfonamides is 1. The van der Waals surface area contributed by atoms with Crippen molar-refractivity contribution in [3.05, 3.63) is 29.6 Å². The molecule has 1 aromatic carbocycles. The van der Waals surface area contributed by atoms with Gasteiger partial charge in [0.2, 0.25) is 10.0 Å². The summed E-state index contributed by atoms with van der Waals surface area (Å²) < 4.78 is 41.3. The predicted molar refractivity (Wildman–Crippen MR) is 84.4 cm³/mol. The van der Waals surface area contributed by atoms with Gasteiger partial charge in [0.05, 0.1) is 0 Å². The molecule has 4 nitrogen and oxygen atoms in total. The molecular weight excluding hydrogens is 311 g/mol. The number of thioether (sulfide) groups is 1. The molecule has 2 N–H and O–H groups in total. The summed E-state index contributed by atoms with van der Waals surface area (Å²) in [6.45, 7) is 3.26. The number of nitrogens with one attached hydrogen (secondary N) is 2. The molecule has 0 amide bonds. The molecule has 0 spiro atoms. The Morgan fingerprint density at radius 3 is 2.71 bits per heavy atom. The Morgan fingerprint density at radius 1 is 1.33 bits per heavy atom. The molecular formula is C14H21FN2O2S2. The Kier molecular flexibility index (Phi) is 6.04. The van der Waals surface area contributed by atoms with Gasteiger partial charge in [0.25, 0.3) is 0 Å². The Labute approximate surface area is 129 Å². The highest BCUT2D eigenvalue weighted by atomic mass is 32.2. The van der Waals surface area contributed by atoms with Crippen molar-refractivity contribution in [3.8, 4) is 0 Å². The lowest BCUT2D eigenvalue weighted by molar-refractivity contribution is 0.518. The molecule has 118 valence electrons. The van der Waals surface area contributed by atoms with Gasteiger partial charge in [-0.2, -0.15) is 11.8 Å². The van der Waals surface area contributed by atoms with Crippen LogP contribution in [-0.4, -0.2) is 32.5 Å². The highest BCUT2D eigenvalue weighted by molar-refractivity contribution is 7.99. The average Bonchev–Trinajstić information content (AvgIpc) is 2.47. The average molecular weight is 332 g/mol. The lowest BCUT2D eigenvalue weighted by Gasteiger charge is -2.22. The summed E-state index contributed by atoms with van der Waals surface area (Å²) in [4.78, 5) is -0.254. The van der Waals surface area contributed by atoms with Crippen molar-refractivity contribution in [1.29, 1.82) is 0 Å². The van der Waals surface area contributed by atoms with Crippen LogP contribution in [0, 0.1) is 5.82 Å². The van der Waals surface area contributed by atoms with Crippen molar-refractivity contribution in [1.82, 2.24) is 10.0 Å². The van der Waals surface area contributed by atoms with Gasteiger partial charge in [0.15, 0.2) is 0 Å². The molecule has 1 aliphatic rings. The summed E-state index contributed by atoms with van der Waals surface area (Å²) in [5.41, 5.74) is 0.762. The highest BCUT2D eigenvalue weighted by Crippen LogP contribution is 2.21. The fourth-order valence-corrected chi connectivity index (χ4v) is 4.77. The SMILES string of the molecule is CCNCc1ccc(F)c(S(=O)(=O)NC2CCSCC2)c1. The molecule has 1 heterocycles. The van der Waals surface area contributed by atoms with Crippen LogP contribution in [0.25, 0.3) is 0 Å². The first-order valence-corrected chi connectivity index (χ1v) is 9.76. The van der Waals surface area contributed by atoms with E-state index >= 15 is 0 Å². The summed E-state index contributed by atoms with van der Waals surface area (Å²) >= 11 is 1.82. The van der Waals surface area contributed by atoms with Crippen molar-refractivity contribution < 1.29 is 12.8 Å². The van der Waals surface area contributed by atoms with Gasteiger partial charge in [0, 0.05) is 12.6 Å². The van der Waals surface area contributed by atoms with Crippen LogP contribution in [0.1, 0.15) is 25.3 Å². The van der Waals surface area contributed by atoms with Gasteiger partial charge in [-0.3, -0.25) is 0 Å². The molecule has 0 aromatic heterocycles. The van der Waals surface area contributed by atoms with E-state index in [-0.39, 0.29) is 10.9 Å². The van der Waals surface area contributed by atoms with Crippen LogP contribution < -0.4 is 10.0 Å². The topological polar surface area (TPSA) is 58.2 Å². The van der Waals surface area contributed by atoms with Gasteiger partial charge in [-0.25, -0.2) is 17.5 Å². The lowest BCUT2D eigenvalue weighted by Crippen LogP contribution is -2.37. The minimum Gasteiger partial charge on any atom is -0.313 e. The van der Waals surface area contributed by atoms with Crippen molar-refractivity contribution >= 4 is 21.8 Å². The maximum absolute atomic E-state index is 13.9. The number of halogens is 1. The fourth-order valence-electron chi connectivity index (χ4n) is 2.23. The molecule has 1 aromatic rings. The van der Waals surface area contributed by atoms with E-state index in [9.17, 15) is 12.8 Å². The van der Waals surface area contributed by atoms with Crippen LogP contribution in [0.3, 0.4) is 0 Å². The molecule has 1 saturated heterocycles. The summed E-state index contributed by atoms with van der Waals surface area (Å²) in [5, 5.41) is 3.10. The normalized spacial score (nSPS) is 17.0. The van der Waals surface area contributed by atoms with Crippen LogP contribution in [0.15, 0.2) is 23.1 Å². The first-order valence-electron chi connectivity index (χ1n) is 7.12. The monoisotopic (exact) mass is 332 g/mol. The van der Waals surface area contributed by atoms with E-state index in [2.05, 4.69) is 10.0 Å². The second kappa shape index (κ2) is 7.58. The lowest BCUT2D eigenvalue weighted by atomic mass is 10.2. The van der Waals surface area contributed by atoms with E-state index < -0.39 is 15.8 Å². The number of rotatable bonds is 6. The third-order valence-corrected chi connectivity index (χ3v) is 5.99. The molecule has 1 fully saturated rings. The van der Waals surface area contributed by atoms with Gasteiger partial charge in [-0.1, -0.05) is 13.0 Å². The van der Waals surface area contributed by atoms with Crippen molar-refractivity contribution in [3.63, 3.8) is 0 Å². The van der Waals surface area contributed by atoms with Crippen LogP contribution >= 0.6 is 11.8 Å². The van der Waals surface area contributed by atoms with E-state index in [1.54, 1.807) is 6.07 Å². The Morgan fingerprint density at radius 2 is 2.05 bits per heavy atom. The van der Waals surface area contributed by atoms with Crippen LogP contribution in [0.4, 0.5) is 4.39 Å². The molecule has 0 aliphatic carbocycles. The maximum atomic E-state index is 13.9. The molecule has 0 saturated carbocycles. The van der Waals surface area contributed by atoms with E-state index in [1.165, 1.54) is 12.1 Å². The molecule has 0 unspecified atom stereocenters. The third-order valence-electron chi connectivity index (χ3n) is 3.41. The molecule has 7 heteroatoms. The van der Waals surface area contributed by atoms with Crippen molar-refractivity contribution in [2.75, 3.05) is 18.1 Å². The van der Waals surface area contributed by atoms with Crippen LogP contribution in [0.2, 0.25) is 0 Å². The molecule has 0 atom stereocenters. The Balaban J connectivity index is 2.17. The van der Waals surface area contributed by atoms with Gasteiger partial charge in [-0.15, -0.1) is 0 Å². The van der Waals surface area contributed by atoms with E-state index in [0.29, 0.717) is 6.54 Å². The maximum Gasteiger partial charge on any atom is 0.243 e. The second-order valence-corrected chi connectivity index (χ2v) is 7.96. The molecule has 0 radical (unpaired) electrons. The zero-order valence-corrected chi connectivity index (χ0v) is 13.7. The standard InChI is InChI=1S/C14H21FN2O2S2/c1-2-16-10-11-3-4-13(15)14(9-11)21(18,19)17-12-5-7-20-8-6-12/h3-4,9,12,16-17H,2,5-8,10H2,1H3.